The van der Waals surface area contributed by atoms with Gasteiger partial charge in [-0.15, -0.1) is 0 Å². The maximum absolute atomic E-state index is 12.7. The van der Waals surface area contributed by atoms with Crippen LogP contribution in [0.2, 0.25) is 0 Å². The molecule has 36 heavy (non-hydrogen) atoms. The van der Waals surface area contributed by atoms with Gasteiger partial charge in [-0.25, -0.2) is 4.79 Å². The Labute approximate surface area is 203 Å². The van der Waals surface area contributed by atoms with Crippen molar-refractivity contribution in [1.29, 1.82) is 0 Å². The molecule has 0 aliphatic carbocycles. The Kier molecular flexibility index (Phi) is 13.7. The third-order valence-electron chi connectivity index (χ3n) is 4.59. The van der Waals surface area contributed by atoms with Crippen LogP contribution in [0.3, 0.4) is 0 Å². The van der Waals surface area contributed by atoms with Crippen LogP contribution in [0.5, 0.6) is 0 Å². The smallest absolute Gasteiger partial charge is 0.326 e. The standard InChI is InChI=1S/C19H29N5O12/c20-8(1-4-13(26)27)16(32)22-9(2-5-14(28)29)17(33)24-11(7-12(21)25)18(34)23-10(19(35)36)3-6-15(30)31/h8-11H,1-7,20H2,(H2,21,25)(H,22,32)(H,23,34)(H,24,33)(H,26,27)(H,28,29)(H,30,31)(H,35,36). The molecule has 0 fully saturated rings. The number of carboxylic acid groups (broad SMARTS) is 4. The number of carboxylic acids is 4. The molecule has 17 nitrogen and oxygen atoms in total. The van der Waals surface area contributed by atoms with Gasteiger partial charge in [0.05, 0.1) is 12.5 Å². The van der Waals surface area contributed by atoms with Crippen molar-refractivity contribution in [3.63, 3.8) is 0 Å². The molecule has 0 saturated heterocycles. The number of carbonyl (C=O) groups is 8. The summed E-state index contributed by atoms with van der Waals surface area (Å²) < 4.78 is 0. The van der Waals surface area contributed by atoms with Crippen molar-refractivity contribution in [2.24, 2.45) is 11.5 Å². The van der Waals surface area contributed by atoms with Crippen LogP contribution >= 0.6 is 0 Å². The fraction of sp³-hybridized carbons (Fsp3) is 0.579. The van der Waals surface area contributed by atoms with E-state index in [1.807, 2.05) is 5.32 Å². The van der Waals surface area contributed by atoms with Gasteiger partial charge < -0.3 is 47.8 Å². The summed E-state index contributed by atoms with van der Waals surface area (Å²) in [6, 6.07) is -6.39. The van der Waals surface area contributed by atoms with E-state index < -0.39 is 110 Å². The minimum atomic E-state index is -1.76. The molecule has 17 heteroatoms. The molecule has 4 amide bonds. The van der Waals surface area contributed by atoms with Crippen molar-refractivity contribution in [1.82, 2.24) is 16.0 Å². The maximum atomic E-state index is 12.7. The number of aliphatic carboxylic acids is 4. The number of carbonyl (C=O) groups excluding carboxylic acids is 4. The van der Waals surface area contributed by atoms with Crippen molar-refractivity contribution in [3.8, 4) is 0 Å². The Balaban J connectivity index is 5.58. The molecule has 0 aromatic carbocycles. The molecule has 0 aromatic rings. The highest BCUT2D eigenvalue weighted by Crippen LogP contribution is 2.05. The number of nitrogens with two attached hydrogens (primary N) is 2. The zero-order valence-corrected chi connectivity index (χ0v) is 19.0. The number of nitrogens with one attached hydrogen (secondary N) is 3. The summed E-state index contributed by atoms with van der Waals surface area (Å²) in [5, 5.41) is 41.7. The van der Waals surface area contributed by atoms with E-state index >= 15 is 0 Å². The first-order valence-electron chi connectivity index (χ1n) is 10.5. The maximum Gasteiger partial charge on any atom is 0.326 e. The van der Waals surface area contributed by atoms with Crippen molar-refractivity contribution in [2.45, 2.75) is 69.1 Å². The predicted octanol–water partition coefficient (Wildman–Crippen LogP) is -3.68. The van der Waals surface area contributed by atoms with E-state index in [0.29, 0.717) is 0 Å². The minimum Gasteiger partial charge on any atom is -0.481 e. The molecule has 0 aromatic heterocycles. The lowest BCUT2D eigenvalue weighted by Crippen LogP contribution is -2.57. The van der Waals surface area contributed by atoms with Crippen LogP contribution < -0.4 is 27.4 Å². The summed E-state index contributed by atoms with van der Waals surface area (Å²) >= 11 is 0. The number of hydrogen-bond acceptors (Lipinski definition) is 9. The second-order valence-corrected chi connectivity index (χ2v) is 7.60. The molecule has 0 rings (SSSR count). The molecule has 0 saturated carbocycles. The molecular formula is C19H29N5O12. The van der Waals surface area contributed by atoms with Gasteiger partial charge in [0.15, 0.2) is 0 Å². The highest BCUT2D eigenvalue weighted by Gasteiger charge is 2.31. The van der Waals surface area contributed by atoms with E-state index in [1.54, 1.807) is 0 Å². The number of primary amides is 1. The summed E-state index contributed by atoms with van der Waals surface area (Å²) in [6.07, 6.45) is -3.82. The normalized spacial score (nSPS) is 13.8. The molecule has 11 N–H and O–H groups in total. The van der Waals surface area contributed by atoms with Crippen LogP contribution in [-0.4, -0.2) is 92.1 Å². The van der Waals surface area contributed by atoms with Gasteiger partial charge in [0.1, 0.15) is 18.1 Å². The number of amides is 4. The van der Waals surface area contributed by atoms with E-state index in [-0.39, 0.29) is 6.42 Å². The summed E-state index contributed by atoms with van der Waals surface area (Å²) in [5.74, 6) is -9.93. The van der Waals surface area contributed by atoms with Gasteiger partial charge in [-0.3, -0.25) is 33.6 Å². The third-order valence-corrected chi connectivity index (χ3v) is 4.59. The Bertz CT molecular complexity index is 877. The first kappa shape index (κ1) is 31.7. The highest BCUT2D eigenvalue weighted by molar-refractivity contribution is 5.96. The Hall–Kier alpha value is -4.28. The summed E-state index contributed by atoms with van der Waals surface area (Å²) in [4.78, 5) is 92.5. The van der Waals surface area contributed by atoms with Crippen LogP contribution in [0.4, 0.5) is 0 Å². The van der Waals surface area contributed by atoms with E-state index in [2.05, 4.69) is 10.6 Å². The first-order chi connectivity index (χ1) is 16.6. The quantitative estimate of drug-likeness (QED) is 0.0843. The van der Waals surface area contributed by atoms with Gasteiger partial charge in [0, 0.05) is 19.3 Å². The lowest BCUT2D eigenvalue weighted by Gasteiger charge is -2.24. The Morgan fingerprint density at radius 1 is 0.583 bits per heavy atom. The van der Waals surface area contributed by atoms with Gasteiger partial charge in [0.2, 0.25) is 23.6 Å². The van der Waals surface area contributed by atoms with E-state index in [0.717, 1.165) is 0 Å². The fourth-order valence-corrected chi connectivity index (χ4v) is 2.71. The average molecular weight is 519 g/mol. The van der Waals surface area contributed by atoms with E-state index in [1.165, 1.54) is 0 Å². The Morgan fingerprint density at radius 3 is 1.42 bits per heavy atom. The summed E-state index contributed by atoms with van der Waals surface area (Å²) in [5.41, 5.74) is 10.6. The lowest BCUT2D eigenvalue weighted by atomic mass is 10.1. The average Bonchev–Trinajstić information content (AvgIpc) is 2.75. The topological polar surface area (TPSA) is 306 Å². The predicted molar refractivity (Wildman–Crippen MR) is 116 cm³/mol. The molecule has 0 radical (unpaired) electrons. The molecule has 0 spiro atoms. The molecule has 0 heterocycles. The van der Waals surface area contributed by atoms with Gasteiger partial charge in [-0.2, -0.15) is 0 Å². The molecule has 4 unspecified atom stereocenters. The van der Waals surface area contributed by atoms with Crippen LogP contribution in [-0.2, 0) is 38.4 Å². The summed E-state index contributed by atoms with van der Waals surface area (Å²) in [6.45, 7) is 0. The molecule has 0 aliphatic rings. The van der Waals surface area contributed by atoms with Crippen molar-refractivity contribution in [3.05, 3.63) is 0 Å². The van der Waals surface area contributed by atoms with Crippen molar-refractivity contribution >= 4 is 47.5 Å². The van der Waals surface area contributed by atoms with Crippen LogP contribution in [0.25, 0.3) is 0 Å². The van der Waals surface area contributed by atoms with E-state index in [4.69, 9.17) is 26.8 Å². The molecule has 0 bridgehead atoms. The molecule has 4 atom stereocenters. The minimum absolute atomic E-state index is 0.298. The SMILES string of the molecule is NC(=O)CC(NC(=O)C(CCC(=O)O)NC(=O)C(N)CCC(=O)O)C(=O)NC(CCC(=O)O)C(=O)O. The first-order valence-corrected chi connectivity index (χ1v) is 10.5. The monoisotopic (exact) mass is 519 g/mol. The zero-order valence-electron chi connectivity index (χ0n) is 19.0. The second kappa shape index (κ2) is 15.6. The van der Waals surface area contributed by atoms with E-state index in [9.17, 15) is 43.5 Å². The van der Waals surface area contributed by atoms with Crippen LogP contribution in [0.1, 0.15) is 44.9 Å². The van der Waals surface area contributed by atoms with Gasteiger partial charge in [0.25, 0.3) is 0 Å². The lowest BCUT2D eigenvalue weighted by molar-refractivity contribution is -0.143. The number of hydrogen-bond donors (Lipinski definition) is 9. The molecule has 202 valence electrons. The van der Waals surface area contributed by atoms with Crippen molar-refractivity contribution in [2.75, 3.05) is 0 Å². The number of rotatable bonds is 18. The molecule has 0 aliphatic heterocycles. The highest BCUT2D eigenvalue weighted by atomic mass is 16.4. The second-order valence-electron chi connectivity index (χ2n) is 7.60. The fourth-order valence-electron chi connectivity index (χ4n) is 2.71. The van der Waals surface area contributed by atoms with Crippen molar-refractivity contribution < 1.29 is 58.8 Å². The van der Waals surface area contributed by atoms with Gasteiger partial charge >= 0.3 is 23.9 Å². The van der Waals surface area contributed by atoms with Crippen LogP contribution in [0.15, 0.2) is 0 Å². The van der Waals surface area contributed by atoms with Gasteiger partial charge in [-0.05, 0) is 19.3 Å². The third kappa shape index (κ3) is 13.4. The van der Waals surface area contributed by atoms with Crippen LogP contribution in [0, 0.1) is 0 Å². The molecular weight excluding hydrogens is 490 g/mol. The largest absolute Gasteiger partial charge is 0.481 e. The zero-order chi connectivity index (χ0) is 28.0. The summed E-state index contributed by atoms with van der Waals surface area (Å²) in [7, 11) is 0. The Morgan fingerprint density at radius 2 is 0.972 bits per heavy atom. The van der Waals surface area contributed by atoms with Gasteiger partial charge in [-0.1, -0.05) is 0 Å².